The lowest BCUT2D eigenvalue weighted by atomic mass is 10.0. The van der Waals surface area contributed by atoms with Gasteiger partial charge in [0.2, 0.25) is 0 Å². The van der Waals surface area contributed by atoms with Gasteiger partial charge in [-0.3, -0.25) is 4.79 Å². The van der Waals surface area contributed by atoms with Crippen molar-refractivity contribution in [3.05, 3.63) is 29.8 Å². The van der Waals surface area contributed by atoms with E-state index in [-0.39, 0.29) is 12.1 Å². The smallest absolute Gasteiger partial charge is 0.319 e. The Morgan fingerprint density at radius 1 is 1.29 bits per heavy atom. The number of carbonyl (C=O) groups is 2. The van der Waals surface area contributed by atoms with E-state index in [1.165, 1.54) is 0 Å². The Morgan fingerprint density at radius 3 is 2.76 bits per heavy atom. The Kier molecular flexibility index (Phi) is 5.16. The van der Waals surface area contributed by atoms with Gasteiger partial charge in [0.15, 0.2) is 0 Å². The summed E-state index contributed by atoms with van der Waals surface area (Å²) in [5.41, 5.74) is 1.71. The van der Waals surface area contributed by atoms with E-state index < -0.39 is 11.9 Å². The molecule has 1 saturated carbocycles. The number of hydrogen-bond acceptors (Lipinski definition) is 3. The summed E-state index contributed by atoms with van der Waals surface area (Å²) < 4.78 is 0. The molecule has 2 atom stereocenters. The van der Waals surface area contributed by atoms with Gasteiger partial charge in [0, 0.05) is 18.3 Å². The first kappa shape index (κ1) is 15.3. The Balaban J connectivity index is 1.97. The minimum Gasteiger partial charge on any atom is -0.481 e. The summed E-state index contributed by atoms with van der Waals surface area (Å²) in [4.78, 5) is 23.2. The van der Waals surface area contributed by atoms with Crippen molar-refractivity contribution in [1.82, 2.24) is 10.6 Å². The number of anilines is 1. The van der Waals surface area contributed by atoms with E-state index >= 15 is 0 Å². The highest BCUT2D eigenvalue weighted by atomic mass is 16.4. The number of aliphatic carboxylic acids is 1. The number of urea groups is 1. The second-order valence-corrected chi connectivity index (χ2v) is 5.27. The molecule has 6 nitrogen and oxygen atoms in total. The highest BCUT2D eigenvalue weighted by Crippen LogP contribution is 2.26. The number of hydrogen-bond donors (Lipinski definition) is 4. The van der Waals surface area contributed by atoms with E-state index in [2.05, 4.69) is 16.0 Å². The number of carboxylic acids is 1. The average molecular weight is 291 g/mol. The summed E-state index contributed by atoms with van der Waals surface area (Å²) >= 11 is 0. The van der Waals surface area contributed by atoms with Crippen LogP contribution in [0.2, 0.25) is 0 Å². The quantitative estimate of drug-likeness (QED) is 0.665. The van der Waals surface area contributed by atoms with Gasteiger partial charge in [-0.1, -0.05) is 24.6 Å². The van der Waals surface area contributed by atoms with Gasteiger partial charge < -0.3 is 21.1 Å². The van der Waals surface area contributed by atoms with E-state index in [4.69, 9.17) is 5.11 Å². The lowest BCUT2D eigenvalue weighted by Crippen LogP contribution is -2.42. The molecule has 0 spiro atoms. The third-order valence-corrected chi connectivity index (χ3v) is 3.78. The lowest BCUT2D eigenvalue weighted by molar-refractivity contribution is -0.142. The molecule has 21 heavy (non-hydrogen) atoms. The van der Waals surface area contributed by atoms with Crippen LogP contribution in [-0.2, 0) is 11.3 Å². The topological polar surface area (TPSA) is 90.5 Å². The van der Waals surface area contributed by atoms with Crippen LogP contribution in [0.3, 0.4) is 0 Å². The molecular weight excluding hydrogens is 270 g/mol. The van der Waals surface area contributed by atoms with E-state index in [9.17, 15) is 9.59 Å². The molecule has 0 aromatic heterocycles. The number of carboxylic acid groups (broad SMARTS) is 1. The highest BCUT2D eigenvalue weighted by molar-refractivity contribution is 5.90. The van der Waals surface area contributed by atoms with Crippen LogP contribution >= 0.6 is 0 Å². The van der Waals surface area contributed by atoms with E-state index in [0.717, 1.165) is 17.7 Å². The fourth-order valence-electron chi connectivity index (χ4n) is 2.74. The van der Waals surface area contributed by atoms with Gasteiger partial charge in [0.05, 0.1) is 5.92 Å². The van der Waals surface area contributed by atoms with Gasteiger partial charge in [-0.15, -0.1) is 0 Å². The predicted molar refractivity (Wildman–Crippen MR) is 80.1 cm³/mol. The van der Waals surface area contributed by atoms with Crippen LogP contribution in [0, 0.1) is 5.92 Å². The van der Waals surface area contributed by atoms with E-state index in [0.29, 0.717) is 19.4 Å². The summed E-state index contributed by atoms with van der Waals surface area (Å²) in [5, 5.41) is 17.7. The van der Waals surface area contributed by atoms with Gasteiger partial charge in [-0.2, -0.15) is 0 Å². The van der Waals surface area contributed by atoms with Crippen LogP contribution in [0.4, 0.5) is 10.5 Å². The summed E-state index contributed by atoms with van der Waals surface area (Å²) in [6.45, 7) is 0.650. The molecule has 2 amide bonds. The molecule has 4 N–H and O–H groups in total. The molecule has 0 radical (unpaired) electrons. The van der Waals surface area contributed by atoms with Crippen molar-refractivity contribution in [3.8, 4) is 0 Å². The van der Waals surface area contributed by atoms with Crippen LogP contribution in [0.25, 0.3) is 0 Å². The Hall–Kier alpha value is -2.08. The molecule has 0 bridgehead atoms. The maximum absolute atomic E-state index is 12.1. The van der Waals surface area contributed by atoms with Crippen LogP contribution < -0.4 is 16.0 Å². The second-order valence-electron chi connectivity index (χ2n) is 5.27. The maximum atomic E-state index is 12.1. The van der Waals surface area contributed by atoms with Gasteiger partial charge >= 0.3 is 12.0 Å². The van der Waals surface area contributed by atoms with Crippen LogP contribution in [0.5, 0.6) is 0 Å². The first-order valence-corrected chi connectivity index (χ1v) is 7.14. The Morgan fingerprint density at radius 2 is 2.05 bits per heavy atom. The number of carbonyl (C=O) groups excluding carboxylic acids is 1. The SMILES string of the molecule is CNCc1ccccc1NC(=O)NC1CCCC1C(=O)O. The zero-order chi connectivity index (χ0) is 15.2. The molecular formula is C15H21N3O3. The van der Waals surface area contributed by atoms with Crippen molar-refractivity contribution in [1.29, 1.82) is 0 Å². The molecule has 0 aliphatic heterocycles. The monoisotopic (exact) mass is 291 g/mol. The minimum absolute atomic E-state index is 0.293. The third-order valence-electron chi connectivity index (χ3n) is 3.78. The van der Waals surface area contributed by atoms with Crippen molar-refractivity contribution in [3.63, 3.8) is 0 Å². The van der Waals surface area contributed by atoms with Gasteiger partial charge in [0.25, 0.3) is 0 Å². The van der Waals surface area contributed by atoms with Gasteiger partial charge in [-0.25, -0.2) is 4.79 Å². The van der Waals surface area contributed by atoms with Crippen molar-refractivity contribution in [2.45, 2.75) is 31.8 Å². The molecule has 114 valence electrons. The second kappa shape index (κ2) is 7.08. The third kappa shape index (κ3) is 3.95. The van der Waals surface area contributed by atoms with E-state index in [1.807, 2.05) is 31.3 Å². The maximum Gasteiger partial charge on any atom is 0.319 e. The molecule has 0 heterocycles. The summed E-state index contributed by atoms with van der Waals surface area (Å²) in [7, 11) is 1.84. The molecule has 1 aliphatic rings. The minimum atomic E-state index is -0.839. The molecule has 1 aromatic rings. The molecule has 2 unspecified atom stereocenters. The van der Waals surface area contributed by atoms with Crippen molar-refractivity contribution in [2.24, 2.45) is 5.92 Å². The molecule has 6 heteroatoms. The number of rotatable bonds is 5. The largest absolute Gasteiger partial charge is 0.481 e. The molecule has 1 aliphatic carbocycles. The van der Waals surface area contributed by atoms with E-state index in [1.54, 1.807) is 0 Å². The highest BCUT2D eigenvalue weighted by Gasteiger charge is 2.33. The summed E-state index contributed by atoms with van der Waals surface area (Å²) in [6, 6.07) is 6.88. The average Bonchev–Trinajstić information content (AvgIpc) is 2.89. The summed E-state index contributed by atoms with van der Waals surface area (Å²) in [5.74, 6) is -1.32. The lowest BCUT2D eigenvalue weighted by Gasteiger charge is -2.19. The normalized spacial score (nSPS) is 21.0. The Bertz CT molecular complexity index is 519. The number of nitrogens with one attached hydrogen (secondary N) is 3. The number of para-hydroxylation sites is 1. The zero-order valence-electron chi connectivity index (χ0n) is 12.1. The number of amides is 2. The molecule has 2 rings (SSSR count). The fraction of sp³-hybridized carbons (Fsp3) is 0.467. The molecule has 1 fully saturated rings. The standard InChI is InChI=1S/C15H21N3O3/c1-16-9-10-5-2-3-7-12(10)17-15(21)18-13-8-4-6-11(13)14(19)20/h2-3,5,7,11,13,16H,4,6,8-9H2,1H3,(H,19,20)(H2,17,18,21). The zero-order valence-corrected chi connectivity index (χ0v) is 12.1. The van der Waals surface area contributed by atoms with Crippen LogP contribution in [-0.4, -0.2) is 30.2 Å². The van der Waals surface area contributed by atoms with Crippen LogP contribution in [0.1, 0.15) is 24.8 Å². The Labute approximate surface area is 123 Å². The van der Waals surface area contributed by atoms with Gasteiger partial charge in [0.1, 0.15) is 0 Å². The fourth-order valence-corrected chi connectivity index (χ4v) is 2.74. The summed E-state index contributed by atoms with van der Waals surface area (Å²) in [6.07, 6.45) is 2.16. The van der Waals surface area contributed by atoms with Crippen molar-refractivity contribution < 1.29 is 14.7 Å². The van der Waals surface area contributed by atoms with Crippen molar-refractivity contribution in [2.75, 3.05) is 12.4 Å². The van der Waals surface area contributed by atoms with Crippen molar-refractivity contribution >= 4 is 17.7 Å². The molecule has 0 saturated heterocycles. The first-order valence-electron chi connectivity index (χ1n) is 7.14. The van der Waals surface area contributed by atoms with Crippen LogP contribution in [0.15, 0.2) is 24.3 Å². The number of benzene rings is 1. The predicted octanol–water partition coefficient (Wildman–Crippen LogP) is 1.78. The van der Waals surface area contributed by atoms with Gasteiger partial charge in [-0.05, 0) is 31.5 Å². The molecule has 1 aromatic carbocycles. The first-order chi connectivity index (χ1) is 10.1.